The largest absolute Gasteiger partial charge is 0.369 e. The Kier molecular flexibility index (Phi) is 4.95. The Balaban J connectivity index is 2.49. The van der Waals surface area contributed by atoms with Crippen LogP contribution in [0.1, 0.15) is 26.5 Å². The summed E-state index contributed by atoms with van der Waals surface area (Å²) in [4.78, 5) is 9.31. The minimum Gasteiger partial charge on any atom is -0.369 e. The van der Waals surface area contributed by atoms with Gasteiger partial charge in [-0.15, -0.1) is 0 Å². The molecule has 0 aromatic carbocycles. The normalized spacial score (nSPS) is 11.1. The lowest BCUT2D eigenvalue weighted by atomic mass is 10.1. The summed E-state index contributed by atoms with van der Waals surface area (Å²) in [6.45, 7) is 7.31. The van der Waals surface area contributed by atoms with Gasteiger partial charge in [0.15, 0.2) is 5.82 Å². The van der Waals surface area contributed by atoms with Crippen molar-refractivity contribution < 1.29 is 0 Å². The molecule has 2 aromatic rings. The first-order valence-electron chi connectivity index (χ1n) is 6.81. The van der Waals surface area contributed by atoms with Crippen molar-refractivity contribution >= 4 is 28.4 Å². The highest BCUT2D eigenvalue weighted by Crippen LogP contribution is 2.24. The molecule has 2 heterocycles. The van der Waals surface area contributed by atoms with Gasteiger partial charge >= 0.3 is 0 Å². The zero-order valence-corrected chi connectivity index (χ0v) is 14.5. The maximum Gasteiger partial charge on any atom is 0.182 e. The summed E-state index contributed by atoms with van der Waals surface area (Å²) in [6.07, 6.45) is 2.85. The van der Waals surface area contributed by atoms with Crippen LogP contribution in [0.2, 0.25) is 0 Å². The molecule has 0 atom stereocenters. The van der Waals surface area contributed by atoms with Crippen LogP contribution in [0.3, 0.4) is 0 Å². The van der Waals surface area contributed by atoms with E-state index >= 15 is 0 Å². The number of hydrogen-bond donors (Lipinski definition) is 1. The lowest BCUT2D eigenvalue weighted by Crippen LogP contribution is -2.10. The van der Waals surface area contributed by atoms with Crippen LogP contribution in [-0.4, -0.2) is 26.3 Å². The lowest BCUT2D eigenvalue weighted by Gasteiger charge is -2.12. The zero-order valence-electron chi connectivity index (χ0n) is 12.3. The molecule has 20 heavy (non-hydrogen) atoms. The summed E-state index contributed by atoms with van der Waals surface area (Å²) in [5.41, 5.74) is 1.90. The van der Waals surface area contributed by atoms with Gasteiger partial charge in [-0.3, -0.25) is 4.68 Å². The van der Waals surface area contributed by atoms with Gasteiger partial charge < -0.3 is 5.32 Å². The van der Waals surface area contributed by atoms with Gasteiger partial charge in [0.1, 0.15) is 11.5 Å². The third kappa shape index (κ3) is 3.47. The highest BCUT2D eigenvalue weighted by atomic mass is 127. The molecule has 108 valence electrons. The lowest BCUT2D eigenvalue weighted by molar-refractivity contribution is 0.632. The molecule has 6 heteroatoms. The van der Waals surface area contributed by atoms with Gasteiger partial charge in [0, 0.05) is 19.8 Å². The third-order valence-corrected chi connectivity index (χ3v) is 3.94. The van der Waals surface area contributed by atoms with E-state index in [1.54, 1.807) is 4.68 Å². The number of nitrogens with one attached hydrogen (secondary N) is 1. The van der Waals surface area contributed by atoms with Crippen LogP contribution in [-0.2, 0) is 13.5 Å². The molecule has 0 saturated heterocycles. The van der Waals surface area contributed by atoms with Gasteiger partial charge in [0.2, 0.25) is 0 Å². The fourth-order valence-electron chi connectivity index (χ4n) is 1.95. The molecule has 0 saturated carbocycles. The highest BCUT2D eigenvalue weighted by molar-refractivity contribution is 14.1. The molecule has 5 nitrogen and oxygen atoms in total. The van der Waals surface area contributed by atoms with Crippen molar-refractivity contribution in [2.45, 2.75) is 27.2 Å². The van der Waals surface area contributed by atoms with E-state index in [-0.39, 0.29) is 0 Å². The van der Waals surface area contributed by atoms with Crippen molar-refractivity contribution in [3.05, 3.63) is 21.5 Å². The molecule has 0 spiro atoms. The molecule has 2 aromatic heterocycles. The molecule has 2 rings (SSSR count). The predicted octanol–water partition coefficient (Wildman–Crippen LogP) is 3.11. The highest BCUT2D eigenvalue weighted by Gasteiger charge is 2.15. The molecule has 0 unspecified atom stereocenters. The van der Waals surface area contributed by atoms with Crippen molar-refractivity contribution in [2.75, 3.05) is 11.9 Å². The minimum absolute atomic E-state index is 0.560. The van der Waals surface area contributed by atoms with Crippen molar-refractivity contribution in [3.8, 4) is 11.5 Å². The van der Waals surface area contributed by atoms with Crippen LogP contribution >= 0.6 is 22.6 Å². The van der Waals surface area contributed by atoms with E-state index in [1.165, 1.54) is 0 Å². The van der Waals surface area contributed by atoms with E-state index in [9.17, 15) is 0 Å². The van der Waals surface area contributed by atoms with Crippen molar-refractivity contribution in [2.24, 2.45) is 13.0 Å². The molecule has 0 fully saturated rings. The molecular weight excluding hydrogens is 365 g/mol. The van der Waals surface area contributed by atoms with E-state index in [0.29, 0.717) is 11.7 Å². The summed E-state index contributed by atoms with van der Waals surface area (Å²) in [7, 11) is 1.90. The summed E-state index contributed by atoms with van der Waals surface area (Å²) < 4.78 is 2.88. The van der Waals surface area contributed by atoms with Crippen molar-refractivity contribution in [1.29, 1.82) is 0 Å². The second-order valence-electron chi connectivity index (χ2n) is 5.16. The maximum atomic E-state index is 4.70. The average molecular weight is 385 g/mol. The monoisotopic (exact) mass is 385 g/mol. The Labute approximate surface area is 133 Å². The minimum atomic E-state index is 0.560. The van der Waals surface area contributed by atoms with Gasteiger partial charge in [0.05, 0.1) is 9.26 Å². The molecule has 0 amide bonds. The molecular formula is C14H20IN5. The number of aryl methyl sites for hydroxylation is 1. The van der Waals surface area contributed by atoms with Gasteiger partial charge in [-0.25, -0.2) is 9.97 Å². The Morgan fingerprint density at radius 1 is 1.35 bits per heavy atom. The number of nitrogens with zero attached hydrogens (tertiary/aromatic N) is 4. The zero-order chi connectivity index (χ0) is 14.7. The van der Waals surface area contributed by atoms with Crippen molar-refractivity contribution in [3.63, 3.8) is 0 Å². The third-order valence-electron chi connectivity index (χ3n) is 2.81. The van der Waals surface area contributed by atoms with Crippen LogP contribution in [0.4, 0.5) is 5.82 Å². The fraction of sp³-hybridized carbons (Fsp3) is 0.500. The van der Waals surface area contributed by atoms with Gasteiger partial charge in [-0.05, 0) is 47.9 Å². The van der Waals surface area contributed by atoms with Crippen LogP contribution in [0, 0.1) is 9.49 Å². The van der Waals surface area contributed by atoms with E-state index in [4.69, 9.17) is 4.98 Å². The number of rotatable bonds is 5. The first-order chi connectivity index (χ1) is 9.51. The molecule has 0 radical (unpaired) electrons. The summed E-state index contributed by atoms with van der Waals surface area (Å²) in [5, 5.41) is 7.71. The number of aromatic nitrogens is 4. The standard InChI is InChI=1S/C14H20IN5/c1-5-16-14-12(15)11(8-9(2)3)17-13(18-14)10-6-7-20(4)19-10/h6-7,9H,5,8H2,1-4H3,(H,16,17,18). The van der Waals surface area contributed by atoms with Crippen molar-refractivity contribution in [1.82, 2.24) is 19.7 Å². The van der Waals surface area contributed by atoms with Gasteiger partial charge in [-0.1, -0.05) is 13.8 Å². The Hall–Kier alpha value is -1.18. The molecule has 0 aliphatic carbocycles. The average Bonchev–Trinajstić information content (AvgIpc) is 2.80. The number of anilines is 1. The Bertz CT molecular complexity index is 591. The van der Waals surface area contributed by atoms with Crippen LogP contribution < -0.4 is 5.32 Å². The first kappa shape index (κ1) is 15.2. The van der Waals surface area contributed by atoms with E-state index < -0.39 is 0 Å². The second-order valence-corrected chi connectivity index (χ2v) is 6.24. The van der Waals surface area contributed by atoms with E-state index in [0.717, 1.165) is 33.7 Å². The van der Waals surface area contributed by atoms with Crippen LogP contribution in [0.25, 0.3) is 11.5 Å². The molecule has 0 aliphatic rings. The summed E-state index contributed by atoms with van der Waals surface area (Å²) in [6, 6.07) is 1.94. The number of hydrogen-bond acceptors (Lipinski definition) is 4. The SMILES string of the molecule is CCNc1nc(-c2ccn(C)n2)nc(CC(C)C)c1I. The molecule has 1 N–H and O–H groups in total. The fourth-order valence-corrected chi connectivity index (χ4v) is 2.60. The smallest absolute Gasteiger partial charge is 0.182 e. The predicted molar refractivity (Wildman–Crippen MR) is 89.7 cm³/mol. The number of halogens is 1. The maximum absolute atomic E-state index is 4.70. The van der Waals surface area contributed by atoms with Crippen LogP contribution in [0.15, 0.2) is 12.3 Å². The summed E-state index contributed by atoms with van der Waals surface area (Å²) in [5.74, 6) is 2.15. The molecule has 0 aliphatic heterocycles. The van der Waals surface area contributed by atoms with Gasteiger partial charge in [0.25, 0.3) is 0 Å². The van der Waals surface area contributed by atoms with Gasteiger partial charge in [-0.2, -0.15) is 5.10 Å². The quantitative estimate of drug-likeness (QED) is 0.804. The molecule has 0 bridgehead atoms. The Morgan fingerprint density at radius 2 is 2.10 bits per heavy atom. The topological polar surface area (TPSA) is 55.6 Å². The first-order valence-corrected chi connectivity index (χ1v) is 7.89. The van der Waals surface area contributed by atoms with E-state index in [1.807, 2.05) is 19.3 Å². The Morgan fingerprint density at radius 3 is 2.65 bits per heavy atom. The van der Waals surface area contributed by atoms with Crippen LogP contribution in [0.5, 0.6) is 0 Å². The second kappa shape index (κ2) is 6.51. The van der Waals surface area contributed by atoms with E-state index in [2.05, 4.69) is 58.8 Å². The summed E-state index contributed by atoms with van der Waals surface area (Å²) >= 11 is 2.33.